The van der Waals surface area contributed by atoms with E-state index in [-0.39, 0.29) is 17.7 Å². The SMILES string of the molecule is O=C1CC(C(=O)Nc2ccc3c(c2)CCCN3)CN1. The molecule has 3 N–H and O–H groups in total. The zero-order chi connectivity index (χ0) is 13.2. The maximum absolute atomic E-state index is 12.0. The highest BCUT2D eigenvalue weighted by Gasteiger charge is 2.27. The van der Waals surface area contributed by atoms with Crippen LogP contribution in [-0.4, -0.2) is 24.9 Å². The number of rotatable bonds is 2. The topological polar surface area (TPSA) is 70.2 Å². The molecule has 0 bridgehead atoms. The zero-order valence-electron chi connectivity index (χ0n) is 10.7. The molecule has 2 heterocycles. The lowest BCUT2D eigenvalue weighted by Crippen LogP contribution is -2.24. The van der Waals surface area contributed by atoms with Crippen molar-refractivity contribution in [1.29, 1.82) is 0 Å². The highest BCUT2D eigenvalue weighted by molar-refractivity contribution is 5.97. The molecule has 3 rings (SSSR count). The predicted molar refractivity (Wildman–Crippen MR) is 73.0 cm³/mol. The normalized spacial score (nSPS) is 21.3. The van der Waals surface area contributed by atoms with Gasteiger partial charge in [0.1, 0.15) is 0 Å². The second-order valence-corrected chi connectivity index (χ2v) is 5.10. The second kappa shape index (κ2) is 4.91. The van der Waals surface area contributed by atoms with Gasteiger partial charge in [0.2, 0.25) is 11.8 Å². The number of amides is 2. The van der Waals surface area contributed by atoms with Gasteiger partial charge in [0.05, 0.1) is 5.92 Å². The molecule has 100 valence electrons. The average molecular weight is 259 g/mol. The first-order valence-electron chi connectivity index (χ1n) is 6.67. The monoisotopic (exact) mass is 259 g/mol. The number of hydrogen-bond donors (Lipinski definition) is 3. The Balaban J connectivity index is 1.69. The Morgan fingerprint density at radius 1 is 1.32 bits per heavy atom. The van der Waals surface area contributed by atoms with Gasteiger partial charge < -0.3 is 16.0 Å². The molecule has 5 heteroatoms. The van der Waals surface area contributed by atoms with Crippen LogP contribution in [0.4, 0.5) is 11.4 Å². The lowest BCUT2D eigenvalue weighted by Gasteiger charge is -2.19. The summed E-state index contributed by atoms with van der Waals surface area (Å²) in [6.45, 7) is 1.45. The van der Waals surface area contributed by atoms with Crippen molar-refractivity contribution in [3.63, 3.8) is 0 Å². The first kappa shape index (κ1) is 12.0. The third kappa shape index (κ3) is 2.54. The molecule has 1 atom stereocenters. The van der Waals surface area contributed by atoms with E-state index in [1.807, 2.05) is 18.2 Å². The summed E-state index contributed by atoms with van der Waals surface area (Å²) in [7, 11) is 0. The zero-order valence-corrected chi connectivity index (χ0v) is 10.7. The van der Waals surface area contributed by atoms with E-state index in [4.69, 9.17) is 0 Å². The van der Waals surface area contributed by atoms with Crippen molar-refractivity contribution in [2.45, 2.75) is 19.3 Å². The molecule has 0 radical (unpaired) electrons. The number of fused-ring (bicyclic) bond motifs is 1. The van der Waals surface area contributed by atoms with Gasteiger partial charge in [-0.15, -0.1) is 0 Å². The van der Waals surface area contributed by atoms with Gasteiger partial charge in [-0.05, 0) is 36.6 Å². The minimum atomic E-state index is -0.248. The van der Waals surface area contributed by atoms with Crippen molar-refractivity contribution in [2.24, 2.45) is 5.92 Å². The van der Waals surface area contributed by atoms with E-state index >= 15 is 0 Å². The minimum absolute atomic E-state index is 0.0465. The number of benzene rings is 1. The van der Waals surface area contributed by atoms with Crippen LogP contribution in [-0.2, 0) is 16.0 Å². The van der Waals surface area contributed by atoms with E-state index in [0.717, 1.165) is 30.8 Å². The van der Waals surface area contributed by atoms with E-state index in [9.17, 15) is 9.59 Å². The molecule has 0 aliphatic carbocycles. The lowest BCUT2D eigenvalue weighted by molar-refractivity contribution is -0.123. The number of carbonyl (C=O) groups excluding carboxylic acids is 2. The van der Waals surface area contributed by atoms with Gasteiger partial charge in [-0.2, -0.15) is 0 Å². The van der Waals surface area contributed by atoms with Crippen molar-refractivity contribution in [1.82, 2.24) is 5.32 Å². The van der Waals surface area contributed by atoms with Crippen molar-refractivity contribution in [3.05, 3.63) is 23.8 Å². The van der Waals surface area contributed by atoms with Crippen LogP contribution in [0.25, 0.3) is 0 Å². The molecule has 19 heavy (non-hydrogen) atoms. The Morgan fingerprint density at radius 2 is 2.21 bits per heavy atom. The molecule has 1 saturated heterocycles. The highest BCUT2D eigenvalue weighted by atomic mass is 16.2. The summed E-state index contributed by atoms with van der Waals surface area (Å²) in [5, 5.41) is 8.91. The Morgan fingerprint density at radius 3 is 3.00 bits per heavy atom. The van der Waals surface area contributed by atoms with Gasteiger partial charge in [-0.1, -0.05) is 0 Å². The number of carbonyl (C=O) groups is 2. The fourth-order valence-corrected chi connectivity index (χ4v) is 2.59. The molecule has 2 aliphatic rings. The van der Waals surface area contributed by atoms with Crippen molar-refractivity contribution in [3.8, 4) is 0 Å². The van der Waals surface area contributed by atoms with Crippen molar-refractivity contribution < 1.29 is 9.59 Å². The quantitative estimate of drug-likeness (QED) is 0.745. The minimum Gasteiger partial charge on any atom is -0.385 e. The molecule has 1 aromatic rings. The van der Waals surface area contributed by atoms with Crippen LogP contribution in [0.1, 0.15) is 18.4 Å². The molecule has 0 spiro atoms. The fraction of sp³-hybridized carbons (Fsp3) is 0.429. The van der Waals surface area contributed by atoms with Gasteiger partial charge in [-0.3, -0.25) is 9.59 Å². The maximum Gasteiger partial charge on any atom is 0.229 e. The standard InChI is InChI=1S/C14H17N3O2/c18-13-7-10(8-16-13)14(19)17-11-3-4-12-9(6-11)2-1-5-15-12/h3-4,6,10,15H,1-2,5,7-8H2,(H,16,18)(H,17,19). The maximum atomic E-state index is 12.0. The summed E-state index contributed by atoms with van der Waals surface area (Å²) in [6, 6.07) is 5.92. The Labute approximate surface area is 111 Å². The molecule has 0 saturated carbocycles. The average Bonchev–Trinajstić information content (AvgIpc) is 2.85. The summed E-state index contributed by atoms with van der Waals surface area (Å²) < 4.78 is 0. The number of anilines is 2. The van der Waals surface area contributed by atoms with E-state index in [1.54, 1.807) is 0 Å². The van der Waals surface area contributed by atoms with Gasteiger partial charge in [0, 0.05) is 30.9 Å². The van der Waals surface area contributed by atoms with Crippen LogP contribution in [0.2, 0.25) is 0 Å². The summed E-state index contributed by atoms with van der Waals surface area (Å²) in [4.78, 5) is 23.1. The molecule has 2 aliphatic heterocycles. The van der Waals surface area contributed by atoms with E-state index in [1.165, 1.54) is 5.56 Å². The third-order valence-electron chi connectivity index (χ3n) is 3.66. The van der Waals surface area contributed by atoms with E-state index in [0.29, 0.717) is 13.0 Å². The van der Waals surface area contributed by atoms with Crippen LogP contribution in [0.3, 0.4) is 0 Å². The van der Waals surface area contributed by atoms with Crippen molar-refractivity contribution >= 4 is 23.2 Å². The second-order valence-electron chi connectivity index (χ2n) is 5.10. The van der Waals surface area contributed by atoms with Gasteiger partial charge in [0.15, 0.2) is 0 Å². The fourth-order valence-electron chi connectivity index (χ4n) is 2.59. The lowest BCUT2D eigenvalue weighted by atomic mass is 10.0. The molecule has 1 unspecified atom stereocenters. The summed E-state index contributed by atoms with van der Waals surface area (Å²) in [6.07, 6.45) is 2.44. The van der Waals surface area contributed by atoms with Crippen molar-refractivity contribution in [2.75, 3.05) is 23.7 Å². The molecule has 0 aromatic heterocycles. The van der Waals surface area contributed by atoms with Crippen LogP contribution >= 0.6 is 0 Å². The van der Waals surface area contributed by atoms with Gasteiger partial charge >= 0.3 is 0 Å². The van der Waals surface area contributed by atoms with Crippen LogP contribution in [0.15, 0.2) is 18.2 Å². The third-order valence-corrected chi connectivity index (χ3v) is 3.66. The molecule has 1 fully saturated rings. The summed E-state index contributed by atoms with van der Waals surface area (Å²) in [5.41, 5.74) is 3.21. The number of hydrogen-bond acceptors (Lipinski definition) is 3. The summed E-state index contributed by atoms with van der Waals surface area (Å²) in [5.74, 6) is -0.376. The van der Waals surface area contributed by atoms with E-state index < -0.39 is 0 Å². The van der Waals surface area contributed by atoms with Crippen LogP contribution < -0.4 is 16.0 Å². The van der Waals surface area contributed by atoms with Crippen LogP contribution in [0.5, 0.6) is 0 Å². The molecule has 5 nitrogen and oxygen atoms in total. The Hall–Kier alpha value is -2.04. The largest absolute Gasteiger partial charge is 0.385 e. The number of aryl methyl sites for hydroxylation is 1. The number of nitrogens with one attached hydrogen (secondary N) is 3. The van der Waals surface area contributed by atoms with E-state index in [2.05, 4.69) is 16.0 Å². The highest BCUT2D eigenvalue weighted by Crippen LogP contribution is 2.25. The summed E-state index contributed by atoms with van der Waals surface area (Å²) >= 11 is 0. The van der Waals surface area contributed by atoms with Crippen LogP contribution in [0, 0.1) is 5.92 Å². The van der Waals surface area contributed by atoms with Gasteiger partial charge in [0.25, 0.3) is 0 Å². The smallest absolute Gasteiger partial charge is 0.229 e. The predicted octanol–water partition coefficient (Wildman–Crippen LogP) is 1.12. The molecular weight excluding hydrogens is 242 g/mol. The molecule has 1 aromatic carbocycles. The molecular formula is C14H17N3O2. The Kier molecular flexibility index (Phi) is 3.11. The first-order valence-corrected chi connectivity index (χ1v) is 6.67. The molecule has 2 amide bonds. The Bertz CT molecular complexity index is 527. The first-order chi connectivity index (χ1) is 9.22. The van der Waals surface area contributed by atoms with Gasteiger partial charge in [-0.25, -0.2) is 0 Å².